The minimum absolute atomic E-state index is 0.0202. The van der Waals surface area contributed by atoms with Gasteiger partial charge in [-0.25, -0.2) is 4.98 Å². The molecule has 98 valence electrons. The molecular formula is C14H20N2OS. The van der Waals surface area contributed by atoms with Crippen LogP contribution >= 0.6 is 11.8 Å². The molecule has 2 fully saturated rings. The van der Waals surface area contributed by atoms with Crippen LogP contribution in [-0.2, 0) is 0 Å². The van der Waals surface area contributed by atoms with Crippen LogP contribution in [0, 0.1) is 0 Å². The fraction of sp³-hybridized carbons (Fsp3) is 0.643. The van der Waals surface area contributed by atoms with E-state index in [0.717, 1.165) is 17.9 Å². The number of nitrogens with zero attached hydrogens (tertiary/aromatic N) is 1. The normalized spacial score (nSPS) is 31.7. The predicted octanol–water partition coefficient (Wildman–Crippen LogP) is 2.21. The van der Waals surface area contributed by atoms with Crippen LogP contribution < -0.4 is 5.32 Å². The first kappa shape index (κ1) is 12.5. The van der Waals surface area contributed by atoms with Gasteiger partial charge < -0.3 is 10.4 Å². The third-order valence-electron chi connectivity index (χ3n) is 3.88. The Balaban J connectivity index is 1.59. The quantitative estimate of drug-likeness (QED) is 0.856. The molecule has 3 rings (SSSR count). The van der Waals surface area contributed by atoms with Crippen molar-refractivity contribution in [3.63, 3.8) is 0 Å². The SMILES string of the molecule is OCC1(NC2CC2)CCC(Sc2ccccn2)C1. The zero-order chi connectivity index (χ0) is 12.4. The summed E-state index contributed by atoms with van der Waals surface area (Å²) in [5, 5.41) is 15.0. The van der Waals surface area contributed by atoms with Crippen molar-refractivity contribution < 1.29 is 5.11 Å². The van der Waals surface area contributed by atoms with E-state index in [4.69, 9.17) is 0 Å². The first-order valence-electron chi connectivity index (χ1n) is 6.76. The van der Waals surface area contributed by atoms with Crippen molar-refractivity contribution in [3.8, 4) is 0 Å². The predicted molar refractivity (Wildman–Crippen MR) is 73.7 cm³/mol. The smallest absolute Gasteiger partial charge is 0.0962 e. The Labute approximate surface area is 112 Å². The second-order valence-electron chi connectivity index (χ2n) is 5.51. The van der Waals surface area contributed by atoms with E-state index in [1.54, 1.807) is 0 Å². The molecule has 2 atom stereocenters. The molecular weight excluding hydrogens is 244 g/mol. The van der Waals surface area contributed by atoms with Gasteiger partial charge in [-0.15, -0.1) is 11.8 Å². The van der Waals surface area contributed by atoms with Gasteiger partial charge in [-0.05, 0) is 44.2 Å². The maximum atomic E-state index is 9.69. The number of nitrogens with one attached hydrogen (secondary N) is 1. The summed E-state index contributed by atoms with van der Waals surface area (Å²) in [6.45, 7) is 0.267. The molecule has 2 saturated carbocycles. The van der Waals surface area contributed by atoms with Gasteiger partial charge in [0.2, 0.25) is 0 Å². The van der Waals surface area contributed by atoms with E-state index >= 15 is 0 Å². The van der Waals surface area contributed by atoms with E-state index < -0.39 is 0 Å². The molecule has 0 bridgehead atoms. The number of hydrogen-bond donors (Lipinski definition) is 2. The van der Waals surface area contributed by atoms with Crippen molar-refractivity contribution in [3.05, 3.63) is 24.4 Å². The summed E-state index contributed by atoms with van der Waals surface area (Å²) in [6, 6.07) is 6.71. The standard InChI is InChI=1S/C14H20N2OS/c17-10-14(16-11-4-5-11)7-6-12(9-14)18-13-3-1-2-8-15-13/h1-3,8,11-12,16-17H,4-7,9-10H2. The Bertz CT molecular complexity index is 396. The molecule has 3 nitrogen and oxygen atoms in total. The molecule has 0 aromatic carbocycles. The second kappa shape index (κ2) is 5.19. The van der Waals surface area contributed by atoms with Crippen LogP contribution in [0.5, 0.6) is 0 Å². The van der Waals surface area contributed by atoms with Crippen LogP contribution in [0.2, 0.25) is 0 Å². The highest BCUT2D eigenvalue weighted by atomic mass is 32.2. The van der Waals surface area contributed by atoms with Crippen LogP contribution in [0.4, 0.5) is 0 Å². The van der Waals surface area contributed by atoms with Crippen LogP contribution in [-0.4, -0.2) is 33.5 Å². The largest absolute Gasteiger partial charge is 0.394 e. The van der Waals surface area contributed by atoms with E-state index in [1.165, 1.54) is 19.3 Å². The minimum Gasteiger partial charge on any atom is -0.394 e. The first-order chi connectivity index (χ1) is 8.80. The van der Waals surface area contributed by atoms with Crippen LogP contribution in [0.15, 0.2) is 29.4 Å². The zero-order valence-electron chi connectivity index (χ0n) is 10.5. The van der Waals surface area contributed by atoms with Gasteiger partial charge in [0, 0.05) is 23.0 Å². The first-order valence-corrected chi connectivity index (χ1v) is 7.64. The van der Waals surface area contributed by atoms with Gasteiger partial charge in [0.25, 0.3) is 0 Å². The average Bonchev–Trinajstić information content (AvgIpc) is 3.12. The van der Waals surface area contributed by atoms with Gasteiger partial charge in [-0.1, -0.05) is 6.07 Å². The summed E-state index contributed by atoms with van der Waals surface area (Å²) in [4.78, 5) is 4.37. The summed E-state index contributed by atoms with van der Waals surface area (Å²) in [7, 11) is 0. The Kier molecular flexibility index (Phi) is 3.59. The van der Waals surface area contributed by atoms with Crippen LogP contribution in [0.25, 0.3) is 0 Å². The van der Waals surface area contributed by atoms with Gasteiger partial charge in [-0.2, -0.15) is 0 Å². The molecule has 0 aliphatic heterocycles. The Morgan fingerprint density at radius 2 is 2.28 bits per heavy atom. The highest BCUT2D eigenvalue weighted by molar-refractivity contribution is 7.99. The number of aliphatic hydroxyl groups is 1. The number of pyridine rings is 1. The molecule has 4 heteroatoms. The third kappa shape index (κ3) is 2.87. The molecule has 0 radical (unpaired) electrons. The molecule has 0 saturated heterocycles. The number of aliphatic hydroxyl groups excluding tert-OH is 1. The van der Waals surface area contributed by atoms with E-state index in [-0.39, 0.29) is 12.1 Å². The lowest BCUT2D eigenvalue weighted by Gasteiger charge is -2.28. The summed E-state index contributed by atoms with van der Waals surface area (Å²) >= 11 is 1.85. The maximum Gasteiger partial charge on any atom is 0.0962 e. The Morgan fingerprint density at radius 1 is 1.39 bits per heavy atom. The van der Waals surface area contributed by atoms with E-state index in [1.807, 2.05) is 30.1 Å². The Hall–Kier alpha value is -0.580. The molecule has 2 unspecified atom stereocenters. The fourth-order valence-electron chi connectivity index (χ4n) is 2.75. The summed E-state index contributed by atoms with van der Waals surface area (Å²) < 4.78 is 0. The maximum absolute atomic E-state index is 9.69. The molecule has 1 aromatic rings. The van der Waals surface area contributed by atoms with Crippen LogP contribution in [0.1, 0.15) is 32.1 Å². The number of hydrogen-bond acceptors (Lipinski definition) is 4. The van der Waals surface area contributed by atoms with E-state index in [2.05, 4.69) is 16.4 Å². The monoisotopic (exact) mass is 264 g/mol. The highest BCUT2D eigenvalue weighted by Crippen LogP contribution is 2.41. The van der Waals surface area contributed by atoms with E-state index in [0.29, 0.717) is 11.3 Å². The molecule has 2 N–H and O–H groups in total. The highest BCUT2D eigenvalue weighted by Gasteiger charge is 2.42. The lowest BCUT2D eigenvalue weighted by Crippen LogP contribution is -2.47. The van der Waals surface area contributed by atoms with Crippen molar-refractivity contribution in [2.24, 2.45) is 0 Å². The lowest BCUT2D eigenvalue weighted by molar-refractivity contribution is 0.163. The van der Waals surface area contributed by atoms with Gasteiger partial charge in [-0.3, -0.25) is 0 Å². The molecule has 18 heavy (non-hydrogen) atoms. The van der Waals surface area contributed by atoms with Gasteiger partial charge in [0.1, 0.15) is 0 Å². The van der Waals surface area contributed by atoms with Crippen molar-refractivity contribution in [2.75, 3.05) is 6.61 Å². The summed E-state index contributed by atoms with van der Waals surface area (Å²) in [5.74, 6) is 0. The van der Waals surface area contributed by atoms with Gasteiger partial charge in [0.05, 0.1) is 11.6 Å². The molecule has 1 heterocycles. The van der Waals surface area contributed by atoms with Crippen molar-refractivity contribution in [2.45, 2.75) is 54.0 Å². The number of aromatic nitrogens is 1. The molecule has 2 aliphatic rings. The van der Waals surface area contributed by atoms with Crippen molar-refractivity contribution >= 4 is 11.8 Å². The van der Waals surface area contributed by atoms with Gasteiger partial charge in [0.15, 0.2) is 0 Å². The molecule has 2 aliphatic carbocycles. The fourth-order valence-corrected chi connectivity index (χ4v) is 4.00. The summed E-state index contributed by atoms with van der Waals surface area (Å²) in [5.41, 5.74) is -0.0202. The molecule has 0 amide bonds. The number of rotatable bonds is 5. The average molecular weight is 264 g/mol. The molecule has 0 spiro atoms. The topological polar surface area (TPSA) is 45.1 Å². The van der Waals surface area contributed by atoms with E-state index in [9.17, 15) is 5.11 Å². The van der Waals surface area contributed by atoms with Gasteiger partial charge >= 0.3 is 0 Å². The van der Waals surface area contributed by atoms with Crippen molar-refractivity contribution in [1.29, 1.82) is 0 Å². The summed E-state index contributed by atoms with van der Waals surface area (Å²) in [6.07, 6.45) is 7.71. The minimum atomic E-state index is -0.0202. The Morgan fingerprint density at radius 3 is 2.94 bits per heavy atom. The van der Waals surface area contributed by atoms with Crippen LogP contribution in [0.3, 0.4) is 0 Å². The zero-order valence-corrected chi connectivity index (χ0v) is 11.3. The molecule has 1 aromatic heterocycles. The third-order valence-corrected chi connectivity index (χ3v) is 5.10. The lowest BCUT2D eigenvalue weighted by atomic mass is 9.99. The number of thioether (sulfide) groups is 1. The second-order valence-corrected chi connectivity index (χ2v) is 6.83. The van der Waals surface area contributed by atoms with Crippen molar-refractivity contribution in [1.82, 2.24) is 10.3 Å².